The molecule has 19 heavy (non-hydrogen) atoms. The molecular weight excluding hydrogens is 246 g/mol. The average Bonchev–Trinajstić information content (AvgIpc) is 2.40. The third kappa shape index (κ3) is 2.79. The molecule has 0 aliphatic carbocycles. The predicted octanol–water partition coefficient (Wildman–Crippen LogP) is 1.14. The largest absolute Gasteiger partial charge is 0.508 e. The number of carbonyl (C=O) groups is 1. The number of hydrogen-bond acceptors (Lipinski definition) is 4. The standard InChI is InChI=1S/C13H13N3O3/c1-2-16(9-4-3-5-10(17)8-9)13(19)11-6-7-12(18)15-14-11/h3-8,17H,2H2,1H3,(H,15,18). The molecule has 0 fully saturated rings. The first-order valence-corrected chi connectivity index (χ1v) is 5.78. The maximum Gasteiger partial charge on any atom is 0.278 e. The summed E-state index contributed by atoms with van der Waals surface area (Å²) in [4.78, 5) is 24.6. The highest BCUT2D eigenvalue weighted by Crippen LogP contribution is 2.21. The number of carbonyl (C=O) groups excluding carboxylic acids is 1. The zero-order valence-corrected chi connectivity index (χ0v) is 10.3. The number of rotatable bonds is 3. The van der Waals surface area contributed by atoms with Gasteiger partial charge in [0.15, 0.2) is 0 Å². The summed E-state index contributed by atoms with van der Waals surface area (Å²) in [5, 5.41) is 15.4. The molecular formula is C13H13N3O3. The summed E-state index contributed by atoms with van der Waals surface area (Å²) in [6, 6.07) is 9.00. The molecule has 6 nitrogen and oxygen atoms in total. The van der Waals surface area contributed by atoms with E-state index < -0.39 is 0 Å². The minimum atomic E-state index is -0.364. The van der Waals surface area contributed by atoms with Crippen molar-refractivity contribution in [3.8, 4) is 5.75 Å². The summed E-state index contributed by atoms with van der Waals surface area (Å²) in [5.41, 5.74) is 0.349. The maximum absolute atomic E-state index is 12.3. The number of phenolic OH excluding ortho intramolecular Hbond substituents is 1. The molecule has 0 spiro atoms. The van der Waals surface area contributed by atoms with Gasteiger partial charge < -0.3 is 10.0 Å². The van der Waals surface area contributed by atoms with E-state index in [4.69, 9.17) is 0 Å². The Morgan fingerprint density at radius 3 is 2.74 bits per heavy atom. The summed E-state index contributed by atoms with van der Waals surface area (Å²) in [5.74, 6) is -0.262. The summed E-state index contributed by atoms with van der Waals surface area (Å²) in [6.45, 7) is 2.23. The zero-order valence-electron chi connectivity index (χ0n) is 10.3. The average molecular weight is 259 g/mol. The molecule has 1 aromatic heterocycles. The van der Waals surface area contributed by atoms with Gasteiger partial charge in [-0.2, -0.15) is 5.10 Å². The lowest BCUT2D eigenvalue weighted by Crippen LogP contribution is -2.32. The number of amides is 1. The fourth-order valence-corrected chi connectivity index (χ4v) is 1.71. The number of aromatic nitrogens is 2. The molecule has 0 bridgehead atoms. The summed E-state index contributed by atoms with van der Waals surface area (Å²) in [6.07, 6.45) is 0. The molecule has 0 atom stereocenters. The minimum Gasteiger partial charge on any atom is -0.508 e. The van der Waals surface area contributed by atoms with Crippen LogP contribution in [0.2, 0.25) is 0 Å². The van der Waals surface area contributed by atoms with Gasteiger partial charge in [0.1, 0.15) is 11.4 Å². The number of benzene rings is 1. The van der Waals surface area contributed by atoms with E-state index in [1.54, 1.807) is 12.1 Å². The van der Waals surface area contributed by atoms with Crippen LogP contribution in [0.1, 0.15) is 17.4 Å². The number of nitrogens with one attached hydrogen (secondary N) is 1. The summed E-state index contributed by atoms with van der Waals surface area (Å²) in [7, 11) is 0. The number of hydrogen-bond donors (Lipinski definition) is 2. The predicted molar refractivity (Wildman–Crippen MR) is 70.3 cm³/mol. The lowest BCUT2D eigenvalue weighted by atomic mass is 10.2. The fourth-order valence-electron chi connectivity index (χ4n) is 1.71. The highest BCUT2D eigenvalue weighted by atomic mass is 16.3. The van der Waals surface area contributed by atoms with E-state index in [0.29, 0.717) is 12.2 Å². The van der Waals surface area contributed by atoms with Crippen molar-refractivity contribution in [2.24, 2.45) is 0 Å². The third-order valence-corrected chi connectivity index (χ3v) is 2.60. The van der Waals surface area contributed by atoms with Crippen LogP contribution in [0.4, 0.5) is 5.69 Å². The molecule has 1 heterocycles. The van der Waals surface area contributed by atoms with Crippen LogP contribution in [-0.2, 0) is 0 Å². The Labute approximate surface area is 109 Å². The van der Waals surface area contributed by atoms with Gasteiger partial charge in [-0.3, -0.25) is 9.59 Å². The van der Waals surface area contributed by atoms with Gasteiger partial charge in [-0.15, -0.1) is 0 Å². The van der Waals surface area contributed by atoms with Gasteiger partial charge in [-0.05, 0) is 25.1 Å². The Morgan fingerprint density at radius 2 is 2.16 bits per heavy atom. The van der Waals surface area contributed by atoms with Crippen molar-refractivity contribution in [1.29, 1.82) is 0 Å². The van der Waals surface area contributed by atoms with Crippen LogP contribution in [0, 0.1) is 0 Å². The molecule has 0 saturated heterocycles. The maximum atomic E-state index is 12.3. The topological polar surface area (TPSA) is 86.3 Å². The Bertz CT molecular complexity index is 631. The number of nitrogens with zero attached hydrogens (tertiary/aromatic N) is 2. The normalized spacial score (nSPS) is 10.2. The Kier molecular flexibility index (Phi) is 3.61. The third-order valence-electron chi connectivity index (χ3n) is 2.60. The van der Waals surface area contributed by atoms with Crippen LogP contribution < -0.4 is 10.5 Å². The highest BCUT2D eigenvalue weighted by molar-refractivity contribution is 6.04. The SMILES string of the molecule is CCN(C(=O)c1ccc(=O)[nH]n1)c1cccc(O)c1. The first kappa shape index (κ1) is 12.8. The second kappa shape index (κ2) is 5.34. The summed E-state index contributed by atoms with van der Waals surface area (Å²) < 4.78 is 0. The second-order valence-electron chi connectivity index (χ2n) is 3.88. The molecule has 0 radical (unpaired) electrons. The van der Waals surface area contributed by atoms with Gasteiger partial charge in [0.05, 0.1) is 0 Å². The van der Waals surface area contributed by atoms with Crippen LogP contribution in [-0.4, -0.2) is 27.8 Å². The molecule has 2 N–H and O–H groups in total. The van der Waals surface area contributed by atoms with E-state index in [1.165, 1.54) is 29.2 Å². The van der Waals surface area contributed by atoms with E-state index in [9.17, 15) is 14.7 Å². The van der Waals surface area contributed by atoms with Crippen molar-refractivity contribution in [1.82, 2.24) is 10.2 Å². The van der Waals surface area contributed by atoms with Gasteiger partial charge in [0.25, 0.3) is 11.5 Å². The number of phenols is 1. The van der Waals surface area contributed by atoms with E-state index in [1.807, 2.05) is 6.92 Å². The van der Waals surface area contributed by atoms with E-state index in [0.717, 1.165) is 0 Å². The van der Waals surface area contributed by atoms with Crippen LogP contribution in [0.5, 0.6) is 5.75 Å². The van der Waals surface area contributed by atoms with E-state index >= 15 is 0 Å². The molecule has 2 rings (SSSR count). The van der Waals surface area contributed by atoms with Crippen molar-refractivity contribution in [2.75, 3.05) is 11.4 Å². The highest BCUT2D eigenvalue weighted by Gasteiger charge is 2.17. The first-order chi connectivity index (χ1) is 9.11. The second-order valence-corrected chi connectivity index (χ2v) is 3.88. The number of H-pyrrole nitrogens is 1. The Morgan fingerprint density at radius 1 is 1.37 bits per heavy atom. The lowest BCUT2D eigenvalue weighted by Gasteiger charge is -2.20. The van der Waals surface area contributed by atoms with Crippen molar-refractivity contribution in [3.63, 3.8) is 0 Å². The van der Waals surface area contributed by atoms with Crippen LogP contribution in [0.15, 0.2) is 41.2 Å². The smallest absolute Gasteiger partial charge is 0.278 e. The zero-order chi connectivity index (χ0) is 13.8. The monoisotopic (exact) mass is 259 g/mol. The molecule has 0 unspecified atom stereocenters. The molecule has 98 valence electrons. The van der Waals surface area contributed by atoms with Crippen molar-refractivity contribution < 1.29 is 9.90 Å². The van der Waals surface area contributed by atoms with Gasteiger partial charge >= 0.3 is 0 Å². The molecule has 1 amide bonds. The van der Waals surface area contributed by atoms with E-state index in [2.05, 4.69) is 10.2 Å². The molecule has 0 saturated carbocycles. The van der Waals surface area contributed by atoms with Crippen molar-refractivity contribution in [2.45, 2.75) is 6.92 Å². The molecule has 1 aromatic carbocycles. The minimum absolute atomic E-state index is 0.0816. The number of aromatic amines is 1. The lowest BCUT2D eigenvalue weighted by molar-refractivity contribution is 0.0982. The quantitative estimate of drug-likeness (QED) is 0.865. The molecule has 0 aliphatic rings. The van der Waals surface area contributed by atoms with Gasteiger partial charge in [-0.1, -0.05) is 6.07 Å². The fraction of sp³-hybridized carbons (Fsp3) is 0.154. The molecule has 6 heteroatoms. The Balaban J connectivity index is 2.34. The van der Waals surface area contributed by atoms with Gasteiger partial charge in [0.2, 0.25) is 0 Å². The first-order valence-electron chi connectivity index (χ1n) is 5.78. The molecule has 0 aliphatic heterocycles. The van der Waals surface area contributed by atoms with Crippen LogP contribution >= 0.6 is 0 Å². The van der Waals surface area contributed by atoms with Crippen LogP contribution in [0.3, 0.4) is 0 Å². The van der Waals surface area contributed by atoms with Crippen molar-refractivity contribution in [3.05, 3.63) is 52.4 Å². The van der Waals surface area contributed by atoms with Gasteiger partial charge in [0, 0.05) is 24.4 Å². The number of anilines is 1. The van der Waals surface area contributed by atoms with Crippen molar-refractivity contribution >= 4 is 11.6 Å². The summed E-state index contributed by atoms with van der Waals surface area (Å²) >= 11 is 0. The van der Waals surface area contributed by atoms with E-state index in [-0.39, 0.29) is 22.9 Å². The Hall–Kier alpha value is -2.63. The van der Waals surface area contributed by atoms with Gasteiger partial charge in [-0.25, -0.2) is 5.10 Å². The molecule has 2 aromatic rings. The number of aromatic hydroxyl groups is 1. The van der Waals surface area contributed by atoms with Crippen LogP contribution in [0.25, 0.3) is 0 Å².